The van der Waals surface area contributed by atoms with Gasteiger partial charge in [-0.05, 0) is 162 Å². The van der Waals surface area contributed by atoms with Gasteiger partial charge in [0.2, 0.25) is 11.8 Å². The first-order chi connectivity index (χ1) is 24.4. The van der Waals surface area contributed by atoms with Crippen LogP contribution in [-0.4, -0.2) is 106 Å². The van der Waals surface area contributed by atoms with Crippen molar-refractivity contribution in [1.29, 1.82) is 0 Å². The Morgan fingerprint density at radius 1 is 0.600 bits per heavy atom. The van der Waals surface area contributed by atoms with E-state index in [1.54, 1.807) is 0 Å². The van der Waals surface area contributed by atoms with Crippen LogP contribution in [0.1, 0.15) is 165 Å². The number of hydrogen-bond acceptors (Lipinski definition) is 9. The van der Waals surface area contributed by atoms with Gasteiger partial charge in [-0.2, -0.15) is 0 Å². The van der Waals surface area contributed by atoms with Crippen LogP contribution in [0.3, 0.4) is 0 Å². The van der Waals surface area contributed by atoms with E-state index in [0.29, 0.717) is 39.2 Å². The summed E-state index contributed by atoms with van der Waals surface area (Å²) >= 11 is 0. The van der Waals surface area contributed by atoms with E-state index in [4.69, 9.17) is 25.7 Å². The van der Waals surface area contributed by atoms with Gasteiger partial charge in [-0.25, -0.2) is 0 Å². The minimum Gasteiger partial charge on any atom is -0.375 e. The lowest BCUT2D eigenvalue weighted by Gasteiger charge is -2.39. The largest absolute Gasteiger partial charge is 0.375 e. The maximum Gasteiger partial charge on any atom is 0.241 e. The Labute approximate surface area is 338 Å². The Morgan fingerprint density at radius 2 is 0.945 bits per heavy atom. The zero-order valence-corrected chi connectivity index (χ0v) is 39.6. The SMILES string of the molecule is CC(CC(C)(C)OCC(C)C(C)(C)N1CC1(C)C(=O)NC(C)CC(C)(C)OCC(C)C(C)(C)N)NC(=O)C(C)(C)NC(C)CC(C)(C)OCC(C)C(C)(C)N. The number of hydrogen-bond donors (Lipinski definition) is 5. The Bertz CT molecular complexity index is 1240. The molecule has 0 aromatic carbocycles. The first-order valence-corrected chi connectivity index (χ1v) is 21.0. The van der Waals surface area contributed by atoms with Gasteiger partial charge in [-0.3, -0.25) is 14.5 Å². The Morgan fingerprint density at radius 3 is 1.33 bits per heavy atom. The van der Waals surface area contributed by atoms with Crippen LogP contribution in [0.25, 0.3) is 0 Å². The molecule has 11 heteroatoms. The second-order valence-corrected chi connectivity index (χ2v) is 22.1. The smallest absolute Gasteiger partial charge is 0.241 e. The summed E-state index contributed by atoms with van der Waals surface area (Å²) in [6.07, 6.45) is 2.09. The third kappa shape index (κ3) is 16.8. The molecule has 11 nitrogen and oxygen atoms in total. The molecule has 1 saturated heterocycles. The van der Waals surface area contributed by atoms with Gasteiger partial charge in [0.05, 0.1) is 42.2 Å². The number of nitrogens with one attached hydrogen (secondary N) is 3. The van der Waals surface area contributed by atoms with E-state index >= 15 is 0 Å². The Kier molecular flexibility index (Phi) is 17.6. The highest BCUT2D eigenvalue weighted by Crippen LogP contribution is 2.43. The van der Waals surface area contributed by atoms with Crippen molar-refractivity contribution in [1.82, 2.24) is 20.9 Å². The van der Waals surface area contributed by atoms with E-state index in [2.05, 4.69) is 104 Å². The number of ether oxygens (including phenoxy) is 3. The lowest BCUT2D eigenvalue weighted by atomic mass is 9.88. The molecular formula is C44H90N6O5. The third-order valence-electron chi connectivity index (χ3n) is 12.4. The first-order valence-electron chi connectivity index (χ1n) is 21.0. The molecule has 7 N–H and O–H groups in total. The van der Waals surface area contributed by atoms with Crippen LogP contribution in [0.4, 0.5) is 0 Å². The molecule has 0 radical (unpaired) electrons. The number of amides is 2. The number of carbonyl (C=O) groups is 2. The van der Waals surface area contributed by atoms with Gasteiger partial charge in [-0.1, -0.05) is 20.8 Å². The summed E-state index contributed by atoms with van der Waals surface area (Å²) in [5.41, 5.74) is 9.04. The summed E-state index contributed by atoms with van der Waals surface area (Å²) in [6.45, 7) is 45.8. The lowest BCUT2D eigenvalue weighted by molar-refractivity contribution is -0.129. The fraction of sp³-hybridized carbons (Fsp3) is 0.955. The molecule has 1 aliphatic rings. The minimum atomic E-state index is -0.778. The number of nitrogens with zero attached hydrogens (tertiary/aromatic N) is 1. The van der Waals surface area contributed by atoms with E-state index in [0.717, 1.165) is 6.42 Å². The van der Waals surface area contributed by atoms with E-state index in [9.17, 15) is 9.59 Å². The van der Waals surface area contributed by atoms with Crippen LogP contribution in [-0.2, 0) is 23.8 Å². The standard InChI is InChI=1S/C44H90N6O5/c1-29(40(13,14)45)25-53-37(7,8)23-33(5)48-36(52)44(21)28-50(44)43(19,20)31(3)27-55-38(9,10)22-32(4)47-35(51)42(17,18)49-34(6)24-39(11,12)54-26-30(2)41(15,16)46/h29-34,49H,22-28,45-46H2,1-21H3,(H,47,51)(H,48,52). The molecule has 1 fully saturated rings. The average Bonchev–Trinajstić information content (AvgIpc) is 3.69. The van der Waals surface area contributed by atoms with E-state index in [1.165, 1.54) is 0 Å². The molecule has 55 heavy (non-hydrogen) atoms. The van der Waals surface area contributed by atoms with Crippen LogP contribution in [0.2, 0.25) is 0 Å². The van der Waals surface area contributed by atoms with Crippen molar-refractivity contribution in [2.75, 3.05) is 26.4 Å². The monoisotopic (exact) mass is 783 g/mol. The highest BCUT2D eigenvalue weighted by molar-refractivity contribution is 5.89. The summed E-state index contributed by atoms with van der Waals surface area (Å²) in [5.74, 6) is 0.567. The van der Waals surface area contributed by atoms with Gasteiger partial charge in [0.15, 0.2) is 0 Å². The molecule has 0 aromatic rings. The van der Waals surface area contributed by atoms with Gasteiger partial charge in [-0.15, -0.1) is 0 Å². The van der Waals surface area contributed by atoms with Crippen molar-refractivity contribution < 1.29 is 23.8 Å². The molecule has 0 spiro atoms. The zero-order valence-electron chi connectivity index (χ0n) is 39.6. The Hall–Kier alpha value is -1.34. The summed E-state index contributed by atoms with van der Waals surface area (Å²) in [4.78, 5) is 29.4. The van der Waals surface area contributed by atoms with E-state index in [-0.39, 0.29) is 69.9 Å². The van der Waals surface area contributed by atoms with Crippen LogP contribution >= 0.6 is 0 Å². The molecular weight excluding hydrogens is 693 g/mol. The maximum absolute atomic E-state index is 13.6. The maximum atomic E-state index is 13.6. The van der Waals surface area contributed by atoms with Gasteiger partial charge >= 0.3 is 0 Å². The highest BCUT2D eigenvalue weighted by Gasteiger charge is 2.61. The van der Waals surface area contributed by atoms with Crippen molar-refractivity contribution >= 4 is 11.8 Å². The quantitative estimate of drug-likeness (QED) is 0.0650. The van der Waals surface area contributed by atoms with Gasteiger partial charge < -0.3 is 41.6 Å². The minimum absolute atomic E-state index is 0.0449. The number of carbonyl (C=O) groups excluding carboxylic acids is 2. The molecule has 8 unspecified atom stereocenters. The zero-order chi connectivity index (χ0) is 43.4. The molecule has 8 atom stereocenters. The predicted octanol–water partition coefficient (Wildman–Crippen LogP) is 6.54. The summed E-state index contributed by atoms with van der Waals surface area (Å²) in [6, 6.07) is -0.100. The highest BCUT2D eigenvalue weighted by atomic mass is 16.5. The fourth-order valence-electron chi connectivity index (χ4n) is 7.26. The van der Waals surface area contributed by atoms with Crippen molar-refractivity contribution in [3.05, 3.63) is 0 Å². The second-order valence-electron chi connectivity index (χ2n) is 22.1. The average molecular weight is 783 g/mol. The first kappa shape index (κ1) is 51.7. The lowest BCUT2D eigenvalue weighted by Crippen LogP contribution is -2.58. The predicted molar refractivity (Wildman–Crippen MR) is 229 cm³/mol. The number of rotatable bonds is 25. The fourth-order valence-corrected chi connectivity index (χ4v) is 7.26. The van der Waals surface area contributed by atoms with Gasteiger partial charge in [0.25, 0.3) is 0 Å². The molecule has 1 aliphatic heterocycles. The molecule has 326 valence electrons. The van der Waals surface area contributed by atoms with E-state index < -0.39 is 22.3 Å². The van der Waals surface area contributed by atoms with Gasteiger partial charge in [0, 0.05) is 41.3 Å². The Balaban J connectivity index is 2.67. The molecule has 0 bridgehead atoms. The second kappa shape index (κ2) is 18.7. The molecule has 1 heterocycles. The molecule has 0 saturated carbocycles. The van der Waals surface area contributed by atoms with Crippen LogP contribution in [0, 0.1) is 17.8 Å². The van der Waals surface area contributed by atoms with Crippen molar-refractivity contribution in [3.8, 4) is 0 Å². The van der Waals surface area contributed by atoms with Crippen LogP contribution in [0.5, 0.6) is 0 Å². The molecule has 2 amide bonds. The summed E-state index contributed by atoms with van der Waals surface area (Å²) in [7, 11) is 0. The number of nitrogens with two attached hydrogens (primary N) is 2. The van der Waals surface area contributed by atoms with Crippen molar-refractivity contribution in [2.24, 2.45) is 29.2 Å². The van der Waals surface area contributed by atoms with Crippen LogP contribution < -0.4 is 27.4 Å². The van der Waals surface area contributed by atoms with Crippen LogP contribution in [0.15, 0.2) is 0 Å². The molecule has 0 aliphatic carbocycles. The normalized spacial score (nSPS) is 22.3. The molecule has 0 aromatic heterocycles. The van der Waals surface area contributed by atoms with Crippen molar-refractivity contribution in [2.45, 2.75) is 227 Å². The molecule has 1 rings (SSSR count). The summed E-state index contributed by atoms with van der Waals surface area (Å²) < 4.78 is 19.1. The van der Waals surface area contributed by atoms with Gasteiger partial charge in [0.1, 0.15) is 5.54 Å². The summed E-state index contributed by atoms with van der Waals surface area (Å²) in [5, 5.41) is 10.0. The third-order valence-corrected chi connectivity index (χ3v) is 12.4. The van der Waals surface area contributed by atoms with E-state index in [1.807, 2.05) is 62.3 Å². The van der Waals surface area contributed by atoms with Crippen molar-refractivity contribution in [3.63, 3.8) is 0 Å². The topological polar surface area (TPSA) is 153 Å².